The summed E-state index contributed by atoms with van der Waals surface area (Å²) < 4.78 is 27.5. The van der Waals surface area contributed by atoms with Crippen molar-refractivity contribution in [2.24, 2.45) is 0 Å². The van der Waals surface area contributed by atoms with Crippen LogP contribution in [0, 0.1) is 17.0 Å². The number of nitrogens with zero attached hydrogens (tertiary/aromatic N) is 1. The number of nitro groups is 1. The first-order valence-electron chi connectivity index (χ1n) is 8.14. The first-order valence-corrected chi connectivity index (χ1v) is 9.62. The molecule has 0 saturated heterocycles. The highest BCUT2D eigenvalue weighted by atomic mass is 32.2. The number of amides is 1. The minimum absolute atomic E-state index is 0.140. The van der Waals surface area contributed by atoms with Crippen molar-refractivity contribution in [1.29, 1.82) is 0 Å². The summed E-state index contributed by atoms with van der Waals surface area (Å²) in [7, 11) is -4.12. The lowest BCUT2D eigenvalue weighted by Gasteiger charge is -2.40. The van der Waals surface area contributed by atoms with E-state index in [-0.39, 0.29) is 16.1 Å². The zero-order chi connectivity index (χ0) is 18.9. The number of hydrogen-bond donors (Lipinski definition) is 1. The minimum Gasteiger partial charge on any atom is -0.273 e. The molecular weight excluding hydrogens is 356 g/mol. The van der Waals surface area contributed by atoms with Crippen molar-refractivity contribution in [2.75, 3.05) is 0 Å². The number of nitrogens with one attached hydrogen (secondary N) is 1. The average molecular weight is 374 g/mol. The molecule has 0 bridgehead atoms. The topological polar surface area (TPSA) is 106 Å². The van der Waals surface area contributed by atoms with Gasteiger partial charge in [-0.2, -0.15) is 0 Å². The Labute approximate surface area is 151 Å². The Kier molecular flexibility index (Phi) is 4.53. The van der Waals surface area contributed by atoms with Crippen molar-refractivity contribution in [2.45, 2.75) is 36.5 Å². The van der Waals surface area contributed by atoms with Crippen molar-refractivity contribution in [3.05, 3.63) is 69.8 Å². The second-order valence-electron chi connectivity index (χ2n) is 6.44. The monoisotopic (exact) mass is 374 g/mol. The van der Waals surface area contributed by atoms with Gasteiger partial charge < -0.3 is 0 Å². The Balaban J connectivity index is 1.90. The third kappa shape index (κ3) is 3.08. The number of rotatable bonds is 5. The standard InChI is InChI=1S/C18H18N2O5S/c1-13-12-15(20(22)23)8-9-16(13)26(24,25)19-17(21)18(10-5-11-18)14-6-3-2-4-7-14/h2-4,6-9,12H,5,10-11H2,1H3,(H,19,21). The Morgan fingerprint density at radius 3 is 2.31 bits per heavy atom. The number of non-ortho nitro benzene ring substituents is 1. The molecule has 0 heterocycles. The lowest BCUT2D eigenvalue weighted by atomic mass is 9.64. The first kappa shape index (κ1) is 18.1. The molecule has 1 aliphatic carbocycles. The number of carbonyl (C=O) groups is 1. The van der Waals surface area contributed by atoms with Gasteiger partial charge in [0.05, 0.1) is 15.2 Å². The van der Waals surface area contributed by atoms with E-state index in [2.05, 4.69) is 4.72 Å². The molecule has 1 N–H and O–H groups in total. The van der Waals surface area contributed by atoms with Crippen LogP contribution in [-0.4, -0.2) is 19.2 Å². The second kappa shape index (κ2) is 6.53. The van der Waals surface area contributed by atoms with E-state index in [0.717, 1.165) is 24.1 Å². The Morgan fingerprint density at radius 2 is 1.81 bits per heavy atom. The van der Waals surface area contributed by atoms with E-state index < -0.39 is 26.3 Å². The van der Waals surface area contributed by atoms with Crippen molar-refractivity contribution < 1.29 is 18.1 Å². The highest BCUT2D eigenvalue weighted by Crippen LogP contribution is 2.44. The number of sulfonamides is 1. The summed E-state index contributed by atoms with van der Waals surface area (Å²) in [6, 6.07) is 12.6. The van der Waals surface area contributed by atoms with Crippen molar-refractivity contribution >= 4 is 21.6 Å². The van der Waals surface area contributed by atoms with Gasteiger partial charge in [0.15, 0.2) is 0 Å². The molecule has 0 aliphatic heterocycles. The predicted octanol–water partition coefficient (Wildman–Crippen LogP) is 2.83. The fourth-order valence-corrected chi connectivity index (χ4v) is 4.54. The minimum atomic E-state index is -4.12. The number of aryl methyl sites for hydroxylation is 1. The molecule has 2 aromatic carbocycles. The highest BCUT2D eigenvalue weighted by Gasteiger charge is 2.47. The van der Waals surface area contributed by atoms with Gasteiger partial charge in [0.2, 0.25) is 5.91 Å². The molecule has 0 atom stereocenters. The zero-order valence-electron chi connectivity index (χ0n) is 14.1. The van der Waals surface area contributed by atoms with Crippen molar-refractivity contribution in [1.82, 2.24) is 4.72 Å². The maximum absolute atomic E-state index is 12.8. The van der Waals surface area contributed by atoms with Crippen LogP contribution in [0.1, 0.15) is 30.4 Å². The summed E-state index contributed by atoms with van der Waals surface area (Å²) in [5, 5.41) is 10.8. The van der Waals surface area contributed by atoms with E-state index in [1.54, 1.807) is 0 Å². The van der Waals surface area contributed by atoms with Crippen LogP contribution in [0.15, 0.2) is 53.4 Å². The molecule has 3 rings (SSSR count). The van der Waals surface area contributed by atoms with Gasteiger partial charge in [-0.25, -0.2) is 13.1 Å². The van der Waals surface area contributed by atoms with Crippen LogP contribution >= 0.6 is 0 Å². The van der Waals surface area contributed by atoms with Crippen molar-refractivity contribution in [3.63, 3.8) is 0 Å². The lowest BCUT2D eigenvalue weighted by molar-refractivity contribution is -0.385. The Hall–Kier alpha value is -2.74. The van der Waals surface area contributed by atoms with Crippen LogP contribution < -0.4 is 4.72 Å². The molecule has 1 amide bonds. The molecular formula is C18H18N2O5S. The predicted molar refractivity (Wildman–Crippen MR) is 95.1 cm³/mol. The average Bonchev–Trinajstić information content (AvgIpc) is 2.53. The first-order chi connectivity index (χ1) is 12.3. The molecule has 7 nitrogen and oxygen atoms in total. The van der Waals surface area contributed by atoms with Gasteiger partial charge >= 0.3 is 0 Å². The summed E-state index contributed by atoms with van der Waals surface area (Å²) in [5.74, 6) is -0.562. The van der Waals surface area contributed by atoms with Gasteiger partial charge in [-0.3, -0.25) is 14.9 Å². The highest BCUT2D eigenvalue weighted by molar-refractivity contribution is 7.90. The van der Waals surface area contributed by atoms with Crippen LogP contribution in [0.25, 0.3) is 0 Å². The molecule has 26 heavy (non-hydrogen) atoms. The largest absolute Gasteiger partial charge is 0.273 e. The molecule has 1 saturated carbocycles. The molecule has 0 spiro atoms. The number of carbonyl (C=O) groups excluding carboxylic acids is 1. The molecule has 1 fully saturated rings. The molecule has 8 heteroatoms. The normalized spacial score (nSPS) is 15.7. The van der Waals surface area contributed by atoms with E-state index in [4.69, 9.17) is 0 Å². The van der Waals surface area contributed by atoms with Crippen LogP contribution in [0.2, 0.25) is 0 Å². The van der Waals surface area contributed by atoms with E-state index in [1.807, 2.05) is 30.3 Å². The summed E-state index contributed by atoms with van der Waals surface area (Å²) in [6.07, 6.45) is 2.01. The van der Waals surface area contributed by atoms with E-state index in [1.165, 1.54) is 13.0 Å². The van der Waals surface area contributed by atoms with E-state index >= 15 is 0 Å². The molecule has 1 aliphatic rings. The fraction of sp³-hybridized carbons (Fsp3) is 0.278. The van der Waals surface area contributed by atoms with E-state index in [9.17, 15) is 23.3 Å². The van der Waals surface area contributed by atoms with Crippen LogP contribution in [-0.2, 0) is 20.2 Å². The van der Waals surface area contributed by atoms with Gasteiger partial charge in [-0.1, -0.05) is 36.8 Å². The van der Waals surface area contributed by atoms with Crippen LogP contribution in [0.5, 0.6) is 0 Å². The molecule has 0 aromatic heterocycles. The summed E-state index contributed by atoms with van der Waals surface area (Å²) in [5.41, 5.74) is -0.0444. The molecule has 0 radical (unpaired) electrons. The SMILES string of the molecule is Cc1cc([N+](=O)[O-])ccc1S(=O)(=O)NC(=O)C1(c2ccccc2)CCC1. The van der Waals surface area contributed by atoms with Gasteiger partial charge in [0.25, 0.3) is 15.7 Å². The maximum Gasteiger partial charge on any atom is 0.269 e. The third-order valence-corrected chi connectivity index (χ3v) is 6.35. The van der Waals surface area contributed by atoms with Gasteiger partial charge in [-0.05, 0) is 37.0 Å². The van der Waals surface area contributed by atoms with Crippen molar-refractivity contribution in [3.8, 4) is 0 Å². The molecule has 136 valence electrons. The Morgan fingerprint density at radius 1 is 1.15 bits per heavy atom. The summed E-state index contributed by atoms with van der Waals surface area (Å²) in [4.78, 5) is 22.9. The van der Waals surface area contributed by atoms with Gasteiger partial charge in [0.1, 0.15) is 0 Å². The summed E-state index contributed by atoms with van der Waals surface area (Å²) in [6.45, 7) is 1.46. The van der Waals surface area contributed by atoms with Crippen LogP contribution in [0.3, 0.4) is 0 Å². The fourth-order valence-electron chi connectivity index (χ4n) is 3.26. The van der Waals surface area contributed by atoms with Crippen LogP contribution in [0.4, 0.5) is 5.69 Å². The number of benzene rings is 2. The Bertz CT molecular complexity index is 966. The second-order valence-corrected chi connectivity index (χ2v) is 8.09. The summed E-state index contributed by atoms with van der Waals surface area (Å²) >= 11 is 0. The number of hydrogen-bond acceptors (Lipinski definition) is 5. The maximum atomic E-state index is 12.8. The zero-order valence-corrected chi connectivity index (χ0v) is 15.0. The molecule has 0 unspecified atom stereocenters. The lowest BCUT2D eigenvalue weighted by Crippen LogP contribution is -2.50. The van der Waals surface area contributed by atoms with E-state index in [0.29, 0.717) is 12.8 Å². The number of nitro benzene ring substituents is 1. The third-order valence-electron chi connectivity index (χ3n) is 4.85. The van der Waals surface area contributed by atoms with Gasteiger partial charge in [0, 0.05) is 12.1 Å². The quantitative estimate of drug-likeness (QED) is 0.640. The smallest absolute Gasteiger partial charge is 0.269 e. The molecule has 2 aromatic rings. The van der Waals surface area contributed by atoms with Gasteiger partial charge in [-0.15, -0.1) is 0 Å².